The van der Waals surface area contributed by atoms with Crippen LogP contribution in [-0.2, 0) is 0 Å². The van der Waals surface area contributed by atoms with Crippen molar-refractivity contribution in [1.82, 2.24) is 0 Å². The van der Waals surface area contributed by atoms with Crippen LogP contribution >= 0.6 is 22.6 Å². The van der Waals surface area contributed by atoms with E-state index in [9.17, 15) is 4.39 Å². The average molecular weight is 304 g/mol. The first-order valence-electron chi connectivity index (χ1n) is 5.15. The van der Waals surface area contributed by atoms with E-state index < -0.39 is 0 Å². The molecule has 0 heterocycles. The van der Waals surface area contributed by atoms with Crippen LogP contribution in [-0.4, -0.2) is 3.92 Å². The molecule has 0 nitrogen and oxygen atoms in total. The van der Waals surface area contributed by atoms with Crippen molar-refractivity contribution in [3.8, 4) is 0 Å². The zero-order valence-corrected chi connectivity index (χ0v) is 10.2. The molecule has 0 aromatic heterocycles. The molecule has 0 bridgehead atoms. The highest BCUT2D eigenvalue weighted by molar-refractivity contribution is 14.1. The first kappa shape index (κ1) is 10.4. The summed E-state index contributed by atoms with van der Waals surface area (Å²) in [6.45, 7) is 0. The number of rotatable bonds is 1. The van der Waals surface area contributed by atoms with E-state index in [2.05, 4.69) is 22.6 Å². The van der Waals surface area contributed by atoms with Crippen molar-refractivity contribution >= 4 is 22.6 Å². The van der Waals surface area contributed by atoms with E-state index >= 15 is 0 Å². The zero-order valence-electron chi connectivity index (χ0n) is 8.05. The van der Waals surface area contributed by atoms with Crippen molar-refractivity contribution in [3.05, 3.63) is 35.6 Å². The quantitative estimate of drug-likeness (QED) is 0.536. The molecule has 0 saturated heterocycles. The van der Waals surface area contributed by atoms with Crippen molar-refractivity contribution in [3.63, 3.8) is 0 Å². The van der Waals surface area contributed by atoms with Crippen molar-refractivity contribution in [2.75, 3.05) is 0 Å². The molecule has 14 heavy (non-hydrogen) atoms. The molecule has 1 aliphatic carbocycles. The smallest absolute Gasteiger partial charge is 0.123 e. The summed E-state index contributed by atoms with van der Waals surface area (Å²) in [5.74, 6) is 0.540. The van der Waals surface area contributed by atoms with Crippen LogP contribution in [0.2, 0.25) is 0 Å². The Hall–Kier alpha value is -0.120. The standard InChI is InChI=1S/C12H14FI/c13-11-5-1-9(2-6-11)10-3-7-12(14)8-4-10/h1-2,5-6,10,12H,3-4,7-8H2. The summed E-state index contributed by atoms with van der Waals surface area (Å²) in [7, 11) is 0. The van der Waals surface area contributed by atoms with E-state index in [4.69, 9.17) is 0 Å². The van der Waals surface area contributed by atoms with E-state index in [1.54, 1.807) is 12.1 Å². The Balaban J connectivity index is 2.05. The highest BCUT2D eigenvalue weighted by atomic mass is 127. The van der Waals surface area contributed by atoms with Crippen LogP contribution in [0.5, 0.6) is 0 Å². The van der Waals surface area contributed by atoms with E-state index in [1.807, 2.05) is 12.1 Å². The molecule has 2 heteroatoms. The van der Waals surface area contributed by atoms with Crippen molar-refractivity contribution in [2.24, 2.45) is 0 Å². The van der Waals surface area contributed by atoms with E-state index in [0.717, 1.165) is 3.92 Å². The summed E-state index contributed by atoms with van der Waals surface area (Å²) < 4.78 is 13.6. The van der Waals surface area contributed by atoms with Gasteiger partial charge in [0.15, 0.2) is 0 Å². The molecular formula is C12H14FI. The van der Waals surface area contributed by atoms with Crippen molar-refractivity contribution < 1.29 is 4.39 Å². The lowest BCUT2D eigenvalue weighted by molar-refractivity contribution is 0.461. The molecule has 1 aromatic carbocycles. The maximum Gasteiger partial charge on any atom is 0.123 e. The summed E-state index contributed by atoms with van der Waals surface area (Å²) in [5.41, 5.74) is 1.31. The molecule has 1 aromatic rings. The molecule has 0 N–H and O–H groups in total. The van der Waals surface area contributed by atoms with Gasteiger partial charge in [-0.05, 0) is 49.3 Å². The Labute approximate surface area is 98.0 Å². The van der Waals surface area contributed by atoms with Crippen LogP contribution in [0.1, 0.15) is 37.2 Å². The van der Waals surface area contributed by atoms with Crippen LogP contribution in [0, 0.1) is 5.82 Å². The van der Waals surface area contributed by atoms with E-state index in [-0.39, 0.29) is 5.82 Å². The SMILES string of the molecule is Fc1ccc(C2CCC(I)CC2)cc1. The Morgan fingerprint density at radius 2 is 1.57 bits per heavy atom. The highest BCUT2D eigenvalue weighted by Gasteiger charge is 2.20. The molecule has 0 spiro atoms. The van der Waals surface area contributed by atoms with Crippen LogP contribution in [0.3, 0.4) is 0 Å². The molecule has 1 fully saturated rings. The Morgan fingerprint density at radius 3 is 2.14 bits per heavy atom. The van der Waals surface area contributed by atoms with Gasteiger partial charge in [0.1, 0.15) is 5.82 Å². The first-order valence-corrected chi connectivity index (χ1v) is 6.40. The molecule has 0 radical (unpaired) electrons. The van der Waals surface area contributed by atoms with Gasteiger partial charge in [-0.3, -0.25) is 0 Å². The predicted octanol–water partition coefficient (Wildman–Crippen LogP) is 4.29. The summed E-state index contributed by atoms with van der Waals surface area (Å²) in [4.78, 5) is 0. The molecule has 1 aliphatic rings. The third-order valence-electron chi connectivity index (χ3n) is 3.00. The minimum Gasteiger partial charge on any atom is -0.207 e. The van der Waals surface area contributed by atoms with Gasteiger partial charge in [-0.15, -0.1) is 0 Å². The third-order valence-corrected chi connectivity index (χ3v) is 4.24. The van der Waals surface area contributed by atoms with E-state index in [1.165, 1.54) is 31.2 Å². The lowest BCUT2D eigenvalue weighted by Crippen LogP contribution is -2.12. The minimum atomic E-state index is -0.128. The summed E-state index contributed by atoms with van der Waals surface area (Å²) in [5, 5.41) is 0. The summed E-state index contributed by atoms with van der Waals surface area (Å²) in [6, 6.07) is 7.03. The van der Waals surface area contributed by atoms with Crippen molar-refractivity contribution in [2.45, 2.75) is 35.5 Å². The van der Waals surface area contributed by atoms with Gasteiger partial charge in [-0.25, -0.2) is 4.39 Å². The first-order chi connectivity index (χ1) is 6.75. The van der Waals surface area contributed by atoms with Crippen molar-refractivity contribution in [1.29, 1.82) is 0 Å². The zero-order chi connectivity index (χ0) is 9.97. The topological polar surface area (TPSA) is 0 Å². The highest BCUT2D eigenvalue weighted by Crippen LogP contribution is 2.35. The Bertz CT molecular complexity index is 286. The monoisotopic (exact) mass is 304 g/mol. The maximum absolute atomic E-state index is 12.7. The molecular weight excluding hydrogens is 290 g/mol. The fourth-order valence-electron chi connectivity index (χ4n) is 2.12. The van der Waals surface area contributed by atoms with Gasteiger partial charge in [0.2, 0.25) is 0 Å². The summed E-state index contributed by atoms with van der Waals surface area (Å²) >= 11 is 2.53. The lowest BCUT2D eigenvalue weighted by atomic mass is 9.84. The predicted molar refractivity (Wildman–Crippen MR) is 65.4 cm³/mol. The molecule has 0 aliphatic heterocycles. The molecule has 76 valence electrons. The van der Waals surface area contributed by atoms with Gasteiger partial charge < -0.3 is 0 Å². The molecule has 0 unspecified atom stereocenters. The van der Waals surface area contributed by atoms with E-state index in [0.29, 0.717) is 5.92 Å². The number of benzene rings is 1. The van der Waals surface area contributed by atoms with Gasteiger partial charge >= 0.3 is 0 Å². The largest absolute Gasteiger partial charge is 0.207 e. The van der Waals surface area contributed by atoms with Gasteiger partial charge in [-0.1, -0.05) is 34.7 Å². The van der Waals surface area contributed by atoms with Crippen LogP contribution < -0.4 is 0 Å². The number of hydrogen-bond donors (Lipinski definition) is 0. The second kappa shape index (κ2) is 4.60. The van der Waals surface area contributed by atoms with Gasteiger partial charge in [-0.2, -0.15) is 0 Å². The Morgan fingerprint density at radius 1 is 1.00 bits per heavy atom. The van der Waals surface area contributed by atoms with Gasteiger partial charge in [0.25, 0.3) is 0 Å². The number of hydrogen-bond acceptors (Lipinski definition) is 0. The maximum atomic E-state index is 12.7. The second-order valence-electron chi connectivity index (χ2n) is 4.00. The molecule has 2 rings (SSSR count). The van der Waals surface area contributed by atoms with Gasteiger partial charge in [0, 0.05) is 3.92 Å². The second-order valence-corrected chi connectivity index (χ2v) is 5.76. The Kier molecular flexibility index (Phi) is 3.42. The summed E-state index contributed by atoms with van der Waals surface area (Å²) in [6.07, 6.45) is 5.14. The minimum absolute atomic E-state index is 0.128. The fraction of sp³-hybridized carbons (Fsp3) is 0.500. The molecule has 1 saturated carbocycles. The number of alkyl halides is 1. The average Bonchev–Trinajstić information content (AvgIpc) is 2.21. The normalized spacial score (nSPS) is 27.6. The van der Waals surface area contributed by atoms with Crippen LogP contribution in [0.25, 0.3) is 0 Å². The molecule has 0 amide bonds. The fourth-order valence-corrected chi connectivity index (χ4v) is 2.84. The third kappa shape index (κ3) is 2.47. The number of halogens is 2. The van der Waals surface area contributed by atoms with Gasteiger partial charge in [0.05, 0.1) is 0 Å². The lowest BCUT2D eigenvalue weighted by Gasteiger charge is -2.25. The molecule has 0 atom stereocenters. The van der Waals surface area contributed by atoms with Crippen LogP contribution in [0.4, 0.5) is 4.39 Å². The van der Waals surface area contributed by atoms with Crippen LogP contribution in [0.15, 0.2) is 24.3 Å².